The molecule has 0 aliphatic carbocycles. The third kappa shape index (κ3) is 2.47. The van der Waals surface area contributed by atoms with Crippen LogP contribution in [-0.2, 0) is 0 Å². The van der Waals surface area contributed by atoms with Crippen molar-refractivity contribution >= 4 is 0 Å². The first-order valence-corrected chi connectivity index (χ1v) is 6.36. The standard InChI is InChI=1S/C13H22N2O/c1-2-11(14)13(12-7-6-10-16-12)15-8-4-3-5-9-15/h6-7,10-11,13H,2-5,8-9,14H2,1H3. The van der Waals surface area contributed by atoms with E-state index in [1.807, 2.05) is 6.07 Å². The SMILES string of the molecule is CCC(N)C(c1ccco1)N1CCCCC1. The Kier molecular flexibility index (Phi) is 4.02. The van der Waals surface area contributed by atoms with Crippen molar-refractivity contribution in [1.82, 2.24) is 4.90 Å². The average molecular weight is 222 g/mol. The van der Waals surface area contributed by atoms with E-state index in [4.69, 9.17) is 10.2 Å². The molecule has 3 heteroatoms. The third-order valence-electron chi connectivity index (χ3n) is 3.50. The Morgan fingerprint density at radius 1 is 1.38 bits per heavy atom. The highest BCUT2D eigenvalue weighted by Crippen LogP contribution is 2.28. The predicted octanol–water partition coefficient (Wildman–Crippen LogP) is 2.54. The van der Waals surface area contributed by atoms with Crippen molar-refractivity contribution < 1.29 is 4.42 Å². The summed E-state index contributed by atoms with van der Waals surface area (Å²) in [5.41, 5.74) is 6.24. The summed E-state index contributed by atoms with van der Waals surface area (Å²) < 4.78 is 5.55. The van der Waals surface area contributed by atoms with Crippen molar-refractivity contribution in [1.29, 1.82) is 0 Å². The lowest BCUT2D eigenvalue weighted by atomic mass is 9.99. The number of rotatable bonds is 4. The topological polar surface area (TPSA) is 42.4 Å². The van der Waals surface area contributed by atoms with E-state index in [0.29, 0.717) is 0 Å². The molecule has 90 valence electrons. The summed E-state index contributed by atoms with van der Waals surface area (Å²) in [5, 5.41) is 0. The van der Waals surface area contributed by atoms with Gasteiger partial charge in [-0.25, -0.2) is 0 Å². The maximum Gasteiger partial charge on any atom is 0.122 e. The summed E-state index contributed by atoms with van der Waals surface area (Å²) in [4.78, 5) is 2.48. The smallest absolute Gasteiger partial charge is 0.122 e. The molecule has 0 saturated carbocycles. The van der Waals surface area contributed by atoms with Gasteiger partial charge in [0.1, 0.15) is 5.76 Å². The fraction of sp³-hybridized carbons (Fsp3) is 0.692. The third-order valence-corrected chi connectivity index (χ3v) is 3.50. The first-order valence-electron chi connectivity index (χ1n) is 6.36. The van der Waals surface area contributed by atoms with Gasteiger partial charge in [-0.3, -0.25) is 4.90 Å². The Bertz CT molecular complexity index is 291. The molecule has 2 rings (SSSR count). The van der Waals surface area contributed by atoms with E-state index in [-0.39, 0.29) is 12.1 Å². The van der Waals surface area contributed by atoms with Crippen molar-refractivity contribution in [3.8, 4) is 0 Å². The molecule has 2 heterocycles. The summed E-state index contributed by atoms with van der Waals surface area (Å²) in [6, 6.07) is 4.44. The van der Waals surface area contributed by atoms with Gasteiger partial charge in [0.05, 0.1) is 12.3 Å². The van der Waals surface area contributed by atoms with Gasteiger partial charge < -0.3 is 10.2 Å². The van der Waals surface area contributed by atoms with Gasteiger partial charge in [-0.15, -0.1) is 0 Å². The Labute approximate surface area is 97.6 Å². The van der Waals surface area contributed by atoms with Crippen LogP contribution in [0.1, 0.15) is 44.4 Å². The summed E-state index contributed by atoms with van der Waals surface area (Å²) in [5.74, 6) is 1.02. The molecule has 16 heavy (non-hydrogen) atoms. The Balaban J connectivity index is 2.13. The molecule has 2 N–H and O–H groups in total. The molecule has 1 fully saturated rings. The molecule has 2 unspecified atom stereocenters. The van der Waals surface area contributed by atoms with Crippen LogP contribution in [0.2, 0.25) is 0 Å². The fourth-order valence-electron chi connectivity index (χ4n) is 2.54. The minimum atomic E-state index is 0.171. The van der Waals surface area contributed by atoms with E-state index in [2.05, 4.69) is 17.9 Å². The number of piperidine rings is 1. The predicted molar refractivity (Wildman–Crippen MR) is 65.1 cm³/mol. The molecule has 0 spiro atoms. The summed E-state index contributed by atoms with van der Waals surface area (Å²) >= 11 is 0. The number of hydrogen-bond donors (Lipinski definition) is 1. The van der Waals surface area contributed by atoms with Crippen LogP contribution in [0.5, 0.6) is 0 Å². The van der Waals surface area contributed by atoms with Crippen molar-refractivity contribution in [2.24, 2.45) is 5.73 Å². The van der Waals surface area contributed by atoms with Gasteiger partial charge in [-0.1, -0.05) is 13.3 Å². The molecule has 0 radical (unpaired) electrons. The Hall–Kier alpha value is -0.800. The Morgan fingerprint density at radius 3 is 2.69 bits per heavy atom. The summed E-state index contributed by atoms with van der Waals surface area (Å²) in [6.45, 7) is 4.45. The maximum atomic E-state index is 6.24. The molecule has 1 aliphatic heterocycles. The Morgan fingerprint density at radius 2 is 2.12 bits per heavy atom. The minimum absolute atomic E-state index is 0.171. The summed E-state index contributed by atoms with van der Waals surface area (Å²) in [7, 11) is 0. The molecule has 1 aliphatic rings. The molecule has 1 aromatic rings. The second-order valence-corrected chi connectivity index (χ2v) is 4.63. The van der Waals surface area contributed by atoms with Crippen LogP contribution in [-0.4, -0.2) is 24.0 Å². The van der Waals surface area contributed by atoms with Crippen molar-refractivity contribution in [2.75, 3.05) is 13.1 Å². The summed E-state index contributed by atoms with van der Waals surface area (Å²) in [6.07, 6.45) is 6.65. The monoisotopic (exact) mass is 222 g/mol. The molecular formula is C13H22N2O. The number of furan rings is 1. The lowest BCUT2D eigenvalue weighted by molar-refractivity contribution is 0.123. The molecule has 1 aromatic heterocycles. The van der Waals surface area contributed by atoms with E-state index in [1.165, 1.54) is 19.3 Å². The quantitative estimate of drug-likeness (QED) is 0.851. The largest absolute Gasteiger partial charge is 0.468 e. The van der Waals surface area contributed by atoms with Crippen LogP contribution in [0, 0.1) is 0 Å². The van der Waals surface area contributed by atoms with Crippen LogP contribution in [0.25, 0.3) is 0 Å². The number of nitrogens with zero attached hydrogens (tertiary/aromatic N) is 1. The van der Waals surface area contributed by atoms with Crippen LogP contribution in [0.4, 0.5) is 0 Å². The van der Waals surface area contributed by atoms with Crippen LogP contribution in [0.15, 0.2) is 22.8 Å². The second-order valence-electron chi connectivity index (χ2n) is 4.63. The molecule has 0 bridgehead atoms. The number of hydrogen-bond acceptors (Lipinski definition) is 3. The highest BCUT2D eigenvalue weighted by Gasteiger charge is 2.28. The molecule has 1 saturated heterocycles. The second kappa shape index (κ2) is 5.51. The van der Waals surface area contributed by atoms with Gasteiger partial charge in [0.15, 0.2) is 0 Å². The van der Waals surface area contributed by atoms with E-state index in [9.17, 15) is 0 Å². The van der Waals surface area contributed by atoms with Gasteiger partial charge in [0.2, 0.25) is 0 Å². The fourth-order valence-corrected chi connectivity index (χ4v) is 2.54. The zero-order chi connectivity index (χ0) is 11.4. The van der Waals surface area contributed by atoms with Crippen molar-refractivity contribution in [3.63, 3.8) is 0 Å². The zero-order valence-electron chi connectivity index (χ0n) is 10.1. The van der Waals surface area contributed by atoms with E-state index >= 15 is 0 Å². The zero-order valence-corrected chi connectivity index (χ0v) is 10.1. The highest BCUT2D eigenvalue weighted by atomic mass is 16.3. The van der Waals surface area contributed by atoms with Gasteiger partial charge in [-0.2, -0.15) is 0 Å². The molecular weight excluding hydrogens is 200 g/mol. The number of likely N-dealkylation sites (tertiary alicyclic amines) is 1. The minimum Gasteiger partial charge on any atom is -0.468 e. The normalized spacial score (nSPS) is 21.9. The molecule has 2 atom stereocenters. The van der Waals surface area contributed by atoms with Gasteiger partial charge in [-0.05, 0) is 44.5 Å². The first-order chi connectivity index (χ1) is 7.83. The molecule has 0 aromatic carbocycles. The van der Waals surface area contributed by atoms with Gasteiger partial charge >= 0.3 is 0 Å². The van der Waals surface area contributed by atoms with Crippen molar-refractivity contribution in [2.45, 2.75) is 44.7 Å². The van der Waals surface area contributed by atoms with Gasteiger partial charge in [0, 0.05) is 6.04 Å². The molecule has 0 amide bonds. The van der Waals surface area contributed by atoms with E-state index in [1.54, 1.807) is 6.26 Å². The maximum absolute atomic E-state index is 6.24. The first kappa shape index (κ1) is 11.7. The van der Waals surface area contributed by atoms with Crippen LogP contribution >= 0.6 is 0 Å². The van der Waals surface area contributed by atoms with Gasteiger partial charge in [0.25, 0.3) is 0 Å². The van der Waals surface area contributed by atoms with Crippen molar-refractivity contribution in [3.05, 3.63) is 24.2 Å². The lowest BCUT2D eigenvalue weighted by Gasteiger charge is -2.36. The number of nitrogens with two attached hydrogens (primary N) is 1. The van der Waals surface area contributed by atoms with E-state index in [0.717, 1.165) is 25.3 Å². The van der Waals surface area contributed by atoms with E-state index < -0.39 is 0 Å². The highest BCUT2D eigenvalue weighted by molar-refractivity contribution is 5.08. The molecule has 3 nitrogen and oxygen atoms in total. The van der Waals surface area contributed by atoms with Crippen LogP contribution < -0.4 is 5.73 Å². The lowest BCUT2D eigenvalue weighted by Crippen LogP contribution is -2.43. The average Bonchev–Trinajstić information content (AvgIpc) is 2.84. The van der Waals surface area contributed by atoms with Crippen LogP contribution in [0.3, 0.4) is 0 Å².